The first-order valence-corrected chi connectivity index (χ1v) is 9.03. The van der Waals surface area contributed by atoms with E-state index in [4.69, 9.17) is 14.0 Å². The number of carbonyl (C=O) groups is 1. The second-order valence-electron chi connectivity index (χ2n) is 6.57. The lowest BCUT2D eigenvalue weighted by molar-refractivity contribution is 0.102. The first-order chi connectivity index (χ1) is 14.0. The number of aromatic amines is 1. The normalized spacial score (nSPS) is 10.9. The Morgan fingerprint density at radius 2 is 2.03 bits per heavy atom. The van der Waals surface area contributed by atoms with Crippen LogP contribution in [-0.4, -0.2) is 28.4 Å². The molecular formula is C21H20N4O4. The lowest BCUT2D eigenvalue weighted by atomic mass is 10.2. The predicted molar refractivity (Wildman–Crippen MR) is 107 cm³/mol. The van der Waals surface area contributed by atoms with E-state index in [1.807, 2.05) is 42.5 Å². The van der Waals surface area contributed by atoms with Crippen LogP contribution < -0.4 is 14.8 Å². The van der Waals surface area contributed by atoms with Crippen LogP contribution in [-0.2, 0) is 6.61 Å². The maximum Gasteiger partial charge on any atom is 0.262 e. The van der Waals surface area contributed by atoms with E-state index in [-0.39, 0.29) is 5.91 Å². The van der Waals surface area contributed by atoms with Gasteiger partial charge in [0, 0.05) is 5.39 Å². The van der Waals surface area contributed by atoms with Crippen LogP contribution in [0.25, 0.3) is 10.9 Å². The van der Waals surface area contributed by atoms with Gasteiger partial charge in [-0.05, 0) is 49.7 Å². The second-order valence-corrected chi connectivity index (χ2v) is 6.57. The van der Waals surface area contributed by atoms with Crippen LogP contribution in [0.1, 0.15) is 27.4 Å². The fraction of sp³-hybridized carbons (Fsp3) is 0.190. The Morgan fingerprint density at radius 1 is 1.17 bits per heavy atom. The topological polar surface area (TPSA) is 102 Å². The third-order valence-electron chi connectivity index (χ3n) is 4.57. The first kappa shape index (κ1) is 18.5. The summed E-state index contributed by atoms with van der Waals surface area (Å²) in [4.78, 5) is 12.6. The zero-order valence-corrected chi connectivity index (χ0v) is 16.3. The Labute approximate surface area is 166 Å². The molecule has 2 aromatic carbocycles. The molecule has 0 radical (unpaired) electrons. The third kappa shape index (κ3) is 3.77. The summed E-state index contributed by atoms with van der Waals surface area (Å²) >= 11 is 0. The number of aromatic nitrogens is 3. The summed E-state index contributed by atoms with van der Waals surface area (Å²) < 4.78 is 16.2. The molecular weight excluding hydrogens is 372 g/mol. The largest absolute Gasteiger partial charge is 0.497 e. The van der Waals surface area contributed by atoms with Gasteiger partial charge in [0.05, 0.1) is 18.3 Å². The van der Waals surface area contributed by atoms with Crippen molar-refractivity contribution in [3.05, 3.63) is 65.0 Å². The van der Waals surface area contributed by atoms with Crippen LogP contribution in [0.15, 0.2) is 47.0 Å². The van der Waals surface area contributed by atoms with Crippen molar-refractivity contribution in [2.24, 2.45) is 0 Å². The maximum atomic E-state index is 12.6. The molecule has 2 N–H and O–H groups in total. The van der Waals surface area contributed by atoms with Crippen LogP contribution in [0.4, 0.5) is 5.82 Å². The molecule has 0 unspecified atom stereocenters. The number of benzene rings is 2. The number of nitrogens with zero attached hydrogens (tertiary/aromatic N) is 2. The quantitative estimate of drug-likeness (QED) is 0.514. The molecule has 4 aromatic rings. The Bertz CT molecular complexity index is 1160. The fourth-order valence-corrected chi connectivity index (χ4v) is 3.08. The average molecular weight is 392 g/mol. The number of ether oxygens (including phenoxy) is 2. The summed E-state index contributed by atoms with van der Waals surface area (Å²) in [6.07, 6.45) is 0. The minimum absolute atomic E-state index is 0.322. The van der Waals surface area contributed by atoms with E-state index in [1.54, 1.807) is 21.0 Å². The van der Waals surface area contributed by atoms with E-state index in [0.29, 0.717) is 35.2 Å². The van der Waals surface area contributed by atoms with Crippen LogP contribution >= 0.6 is 0 Å². The summed E-state index contributed by atoms with van der Waals surface area (Å²) in [5.74, 6) is 1.99. The molecule has 0 aliphatic rings. The third-order valence-corrected chi connectivity index (χ3v) is 4.57. The van der Waals surface area contributed by atoms with E-state index in [0.717, 1.165) is 22.2 Å². The Kier molecular flexibility index (Phi) is 4.90. The van der Waals surface area contributed by atoms with Crippen molar-refractivity contribution in [2.45, 2.75) is 20.5 Å². The smallest absolute Gasteiger partial charge is 0.262 e. The Morgan fingerprint density at radius 3 is 2.79 bits per heavy atom. The molecule has 0 fully saturated rings. The number of nitrogens with one attached hydrogen (secondary N) is 2. The van der Waals surface area contributed by atoms with Crippen molar-refractivity contribution >= 4 is 22.6 Å². The molecule has 148 valence electrons. The van der Waals surface area contributed by atoms with Gasteiger partial charge in [-0.1, -0.05) is 17.3 Å². The van der Waals surface area contributed by atoms with Gasteiger partial charge in [-0.2, -0.15) is 5.10 Å². The van der Waals surface area contributed by atoms with Gasteiger partial charge in [0.15, 0.2) is 5.82 Å². The molecule has 8 nitrogen and oxygen atoms in total. The van der Waals surface area contributed by atoms with Crippen molar-refractivity contribution in [1.29, 1.82) is 0 Å². The molecule has 2 aromatic heterocycles. The molecule has 2 heterocycles. The Balaban J connectivity index is 1.54. The molecule has 0 bridgehead atoms. The van der Waals surface area contributed by atoms with Crippen LogP contribution in [0, 0.1) is 13.8 Å². The van der Waals surface area contributed by atoms with Crippen LogP contribution in [0.3, 0.4) is 0 Å². The molecule has 4 rings (SSSR count). The zero-order valence-electron chi connectivity index (χ0n) is 16.3. The van der Waals surface area contributed by atoms with Gasteiger partial charge in [-0.25, -0.2) is 0 Å². The number of amides is 1. The second kappa shape index (κ2) is 7.67. The number of rotatable bonds is 6. The number of fused-ring (bicyclic) bond motifs is 1. The highest BCUT2D eigenvalue weighted by Crippen LogP contribution is 2.27. The predicted octanol–water partition coefficient (Wildman–Crippen LogP) is 4.01. The van der Waals surface area contributed by atoms with E-state index < -0.39 is 0 Å². The molecule has 29 heavy (non-hydrogen) atoms. The summed E-state index contributed by atoms with van der Waals surface area (Å²) in [6, 6.07) is 13.2. The number of hydrogen-bond acceptors (Lipinski definition) is 6. The van der Waals surface area contributed by atoms with Gasteiger partial charge in [0.1, 0.15) is 29.4 Å². The van der Waals surface area contributed by atoms with E-state index in [2.05, 4.69) is 20.7 Å². The summed E-state index contributed by atoms with van der Waals surface area (Å²) in [5.41, 5.74) is 2.71. The highest BCUT2D eigenvalue weighted by molar-refractivity contribution is 6.09. The molecule has 0 saturated carbocycles. The van der Waals surface area contributed by atoms with Gasteiger partial charge in [0.2, 0.25) is 0 Å². The van der Waals surface area contributed by atoms with Crippen molar-refractivity contribution in [1.82, 2.24) is 15.4 Å². The molecule has 8 heteroatoms. The highest BCUT2D eigenvalue weighted by atomic mass is 16.5. The molecule has 0 saturated heterocycles. The van der Waals surface area contributed by atoms with Crippen molar-refractivity contribution in [3.8, 4) is 11.5 Å². The number of carbonyl (C=O) groups excluding carboxylic acids is 1. The van der Waals surface area contributed by atoms with Gasteiger partial charge >= 0.3 is 0 Å². The molecule has 1 amide bonds. The molecule has 0 atom stereocenters. The van der Waals surface area contributed by atoms with Crippen molar-refractivity contribution in [2.75, 3.05) is 12.4 Å². The monoisotopic (exact) mass is 392 g/mol. The summed E-state index contributed by atoms with van der Waals surface area (Å²) in [5, 5.41) is 14.5. The molecule has 0 aliphatic heterocycles. The van der Waals surface area contributed by atoms with Crippen LogP contribution in [0.5, 0.6) is 11.5 Å². The molecule has 0 spiro atoms. The molecule has 0 aliphatic carbocycles. The van der Waals surface area contributed by atoms with E-state index in [9.17, 15) is 4.79 Å². The number of methoxy groups -OCH3 is 1. The minimum atomic E-state index is -0.322. The van der Waals surface area contributed by atoms with Crippen LogP contribution in [0.2, 0.25) is 0 Å². The summed E-state index contributed by atoms with van der Waals surface area (Å²) in [7, 11) is 1.63. The number of aryl methyl sites for hydroxylation is 2. The Hall–Kier alpha value is -3.81. The van der Waals surface area contributed by atoms with E-state index in [1.165, 1.54) is 0 Å². The van der Waals surface area contributed by atoms with Gasteiger partial charge in [0.25, 0.3) is 5.91 Å². The van der Waals surface area contributed by atoms with E-state index >= 15 is 0 Å². The number of anilines is 1. The maximum absolute atomic E-state index is 12.6. The summed E-state index contributed by atoms with van der Waals surface area (Å²) in [6.45, 7) is 3.81. The average Bonchev–Trinajstić information content (AvgIpc) is 3.28. The zero-order chi connectivity index (χ0) is 20.4. The standard InChI is InChI=1S/C21H20N4O4/c1-12-19(13(2)29-25-12)21(26)22-20-17-10-16(7-8-18(17)23-24-20)28-11-14-5-4-6-15(9-14)27-3/h4-10H,11H2,1-3H3,(H2,22,23,24,26). The number of H-pyrrole nitrogens is 1. The van der Waals surface area contributed by atoms with Crippen molar-refractivity contribution < 1.29 is 18.8 Å². The van der Waals surface area contributed by atoms with Crippen molar-refractivity contribution in [3.63, 3.8) is 0 Å². The SMILES string of the molecule is COc1cccc(COc2ccc3[nH]nc(NC(=O)c4c(C)noc4C)c3c2)c1. The lowest BCUT2D eigenvalue weighted by Crippen LogP contribution is -2.14. The highest BCUT2D eigenvalue weighted by Gasteiger charge is 2.19. The van der Waals surface area contributed by atoms with Gasteiger partial charge < -0.3 is 19.3 Å². The first-order valence-electron chi connectivity index (χ1n) is 9.03. The van der Waals surface area contributed by atoms with Gasteiger partial charge in [-0.15, -0.1) is 0 Å². The lowest BCUT2D eigenvalue weighted by Gasteiger charge is -2.08. The number of hydrogen-bond donors (Lipinski definition) is 2. The fourth-order valence-electron chi connectivity index (χ4n) is 3.08. The minimum Gasteiger partial charge on any atom is -0.497 e. The van der Waals surface area contributed by atoms with Gasteiger partial charge in [-0.3, -0.25) is 9.89 Å².